The number of rotatable bonds is 6. The van der Waals surface area contributed by atoms with Crippen LogP contribution in [0, 0.1) is 6.92 Å². The van der Waals surface area contributed by atoms with Crippen LogP contribution in [0.5, 0.6) is 0 Å². The summed E-state index contributed by atoms with van der Waals surface area (Å²) in [5.74, 6) is 0. The fourth-order valence-electron chi connectivity index (χ4n) is 0.405. The van der Waals surface area contributed by atoms with Crippen molar-refractivity contribution in [2.24, 2.45) is 5.73 Å². The third-order valence-electron chi connectivity index (χ3n) is 0.779. The Morgan fingerprint density at radius 2 is 1.78 bits per heavy atom. The van der Waals surface area contributed by atoms with E-state index in [0.29, 0.717) is 33.0 Å². The molecule has 0 aliphatic carbocycles. The molecule has 0 aliphatic rings. The van der Waals surface area contributed by atoms with Crippen molar-refractivity contribution < 1.29 is 9.47 Å². The standard InChI is InChI=1S/C6H14NO2/c1-2-8-5-6-9-4-3-7/h1-7H2. The summed E-state index contributed by atoms with van der Waals surface area (Å²) in [5.41, 5.74) is 5.17. The molecule has 3 nitrogen and oxygen atoms in total. The highest BCUT2D eigenvalue weighted by Crippen LogP contribution is 1.75. The molecule has 9 heavy (non-hydrogen) atoms. The summed E-state index contributed by atoms with van der Waals surface area (Å²) >= 11 is 0. The van der Waals surface area contributed by atoms with Crippen LogP contribution in [0.2, 0.25) is 0 Å². The molecule has 2 N–H and O–H groups in total. The van der Waals surface area contributed by atoms with Crippen molar-refractivity contribution in [1.82, 2.24) is 0 Å². The van der Waals surface area contributed by atoms with E-state index in [-0.39, 0.29) is 0 Å². The van der Waals surface area contributed by atoms with E-state index in [1.807, 2.05) is 0 Å². The van der Waals surface area contributed by atoms with E-state index in [1.54, 1.807) is 0 Å². The van der Waals surface area contributed by atoms with Gasteiger partial charge >= 0.3 is 0 Å². The fourth-order valence-corrected chi connectivity index (χ4v) is 0.405. The van der Waals surface area contributed by atoms with E-state index in [2.05, 4.69) is 6.92 Å². The third-order valence-corrected chi connectivity index (χ3v) is 0.779. The van der Waals surface area contributed by atoms with Crippen molar-refractivity contribution in [3.05, 3.63) is 6.92 Å². The van der Waals surface area contributed by atoms with Gasteiger partial charge in [-0.3, -0.25) is 0 Å². The highest BCUT2D eigenvalue weighted by Gasteiger charge is 1.84. The fraction of sp³-hybridized carbons (Fsp3) is 0.833. The van der Waals surface area contributed by atoms with Gasteiger partial charge in [-0.2, -0.15) is 0 Å². The minimum absolute atomic E-state index is 0.506. The monoisotopic (exact) mass is 132 g/mol. The van der Waals surface area contributed by atoms with E-state index >= 15 is 0 Å². The second-order valence-electron chi connectivity index (χ2n) is 1.51. The molecule has 0 aromatic heterocycles. The van der Waals surface area contributed by atoms with Crippen LogP contribution in [0.15, 0.2) is 0 Å². The lowest BCUT2D eigenvalue weighted by Gasteiger charge is -2.00. The number of hydrogen-bond acceptors (Lipinski definition) is 3. The van der Waals surface area contributed by atoms with Gasteiger partial charge < -0.3 is 15.2 Å². The van der Waals surface area contributed by atoms with Gasteiger partial charge in [0, 0.05) is 13.2 Å². The molecular weight excluding hydrogens is 118 g/mol. The van der Waals surface area contributed by atoms with E-state index in [0.717, 1.165) is 0 Å². The molecule has 0 saturated carbocycles. The Morgan fingerprint density at radius 3 is 2.33 bits per heavy atom. The maximum absolute atomic E-state index is 5.17. The first-order valence-corrected chi connectivity index (χ1v) is 3.06. The highest BCUT2D eigenvalue weighted by atomic mass is 16.5. The van der Waals surface area contributed by atoms with Crippen molar-refractivity contribution in [2.75, 3.05) is 33.0 Å². The van der Waals surface area contributed by atoms with Crippen molar-refractivity contribution in [3.8, 4) is 0 Å². The minimum atomic E-state index is 0.506. The smallest absolute Gasteiger partial charge is 0.0701 e. The van der Waals surface area contributed by atoms with E-state index < -0.39 is 0 Å². The highest BCUT2D eigenvalue weighted by molar-refractivity contribution is 4.34. The van der Waals surface area contributed by atoms with E-state index in [9.17, 15) is 0 Å². The average molecular weight is 132 g/mol. The summed E-state index contributed by atoms with van der Waals surface area (Å²) in [7, 11) is 0. The topological polar surface area (TPSA) is 44.5 Å². The van der Waals surface area contributed by atoms with E-state index in [4.69, 9.17) is 15.2 Å². The molecule has 0 bridgehead atoms. The van der Waals surface area contributed by atoms with Gasteiger partial charge in [0.15, 0.2) is 0 Å². The zero-order valence-electron chi connectivity index (χ0n) is 5.64. The molecule has 1 radical (unpaired) electrons. The van der Waals surface area contributed by atoms with Crippen molar-refractivity contribution in [3.63, 3.8) is 0 Å². The van der Waals surface area contributed by atoms with Gasteiger partial charge in [-0.05, 0) is 6.92 Å². The number of ether oxygens (including phenoxy) is 2. The minimum Gasteiger partial charge on any atom is -0.379 e. The molecule has 0 heterocycles. The van der Waals surface area contributed by atoms with Gasteiger partial charge in [0.05, 0.1) is 19.8 Å². The molecule has 0 aliphatic heterocycles. The zero-order chi connectivity index (χ0) is 6.95. The number of nitrogens with two attached hydrogens (primary N) is 1. The Kier molecular flexibility index (Phi) is 7.77. The van der Waals surface area contributed by atoms with Crippen LogP contribution in [-0.4, -0.2) is 33.0 Å². The Hall–Kier alpha value is -0.120. The van der Waals surface area contributed by atoms with Crippen LogP contribution in [-0.2, 0) is 9.47 Å². The average Bonchev–Trinajstić information content (AvgIpc) is 1.89. The summed E-state index contributed by atoms with van der Waals surface area (Å²) in [6.45, 7) is 6.42. The molecule has 0 fully saturated rings. The predicted octanol–water partition coefficient (Wildman–Crippen LogP) is -0.188. The third kappa shape index (κ3) is 7.88. The molecule has 0 saturated heterocycles. The van der Waals surface area contributed by atoms with Gasteiger partial charge in [0.2, 0.25) is 0 Å². The predicted molar refractivity (Wildman–Crippen MR) is 36.0 cm³/mol. The maximum Gasteiger partial charge on any atom is 0.0701 e. The van der Waals surface area contributed by atoms with Gasteiger partial charge in [-0.1, -0.05) is 0 Å². The van der Waals surface area contributed by atoms with E-state index in [1.165, 1.54) is 0 Å². The normalized spacial score (nSPS) is 10.0. The largest absolute Gasteiger partial charge is 0.379 e. The summed E-state index contributed by atoms with van der Waals surface area (Å²) in [6.07, 6.45) is 0. The summed E-state index contributed by atoms with van der Waals surface area (Å²) in [5, 5.41) is 0. The lowest BCUT2D eigenvalue weighted by atomic mass is 10.7. The second-order valence-corrected chi connectivity index (χ2v) is 1.51. The summed E-state index contributed by atoms with van der Waals surface area (Å²) in [4.78, 5) is 0. The van der Waals surface area contributed by atoms with Crippen LogP contribution < -0.4 is 5.73 Å². The van der Waals surface area contributed by atoms with Gasteiger partial charge in [-0.25, -0.2) is 0 Å². The van der Waals surface area contributed by atoms with Crippen LogP contribution >= 0.6 is 0 Å². The molecule has 0 unspecified atom stereocenters. The van der Waals surface area contributed by atoms with Crippen molar-refractivity contribution in [2.45, 2.75) is 0 Å². The SMILES string of the molecule is [CH2]COCCOCCN. The first-order valence-electron chi connectivity index (χ1n) is 3.06. The molecule has 0 rings (SSSR count). The molecule has 3 heteroatoms. The summed E-state index contributed by atoms with van der Waals surface area (Å²) in [6, 6.07) is 0. The van der Waals surface area contributed by atoms with Gasteiger partial charge in [-0.15, -0.1) is 0 Å². The Labute approximate surface area is 56.1 Å². The quantitative estimate of drug-likeness (QED) is 0.509. The van der Waals surface area contributed by atoms with Crippen LogP contribution in [0.25, 0.3) is 0 Å². The molecule has 0 atom stereocenters. The van der Waals surface area contributed by atoms with Crippen molar-refractivity contribution >= 4 is 0 Å². The van der Waals surface area contributed by atoms with Crippen LogP contribution in [0.3, 0.4) is 0 Å². The van der Waals surface area contributed by atoms with Gasteiger partial charge in [0.1, 0.15) is 0 Å². The lowest BCUT2D eigenvalue weighted by molar-refractivity contribution is 0.0613. The number of hydrogen-bond donors (Lipinski definition) is 1. The van der Waals surface area contributed by atoms with Crippen LogP contribution in [0.1, 0.15) is 0 Å². The molecule has 0 aromatic rings. The Balaban J connectivity index is 2.60. The Bertz CT molecular complexity index is 44.3. The molecule has 0 aromatic carbocycles. The van der Waals surface area contributed by atoms with Crippen molar-refractivity contribution in [1.29, 1.82) is 0 Å². The molecule has 0 spiro atoms. The lowest BCUT2D eigenvalue weighted by Crippen LogP contribution is -2.11. The maximum atomic E-state index is 5.17. The molecular formula is C6H14NO2. The van der Waals surface area contributed by atoms with Crippen LogP contribution in [0.4, 0.5) is 0 Å². The first kappa shape index (κ1) is 8.88. The first-order chi connectivity index (χ1) is 4.41. The molecule has 0 amide bonds. The molecule has 55 valence electrons. The second kappa shape index (κ2) is 7.88. The zero-order valence-corrected chi connectivity index (χ0v) is 5.64. The Morgan fingerprint density at radius 1 is 1.11 bits per heavy atom. The summed E-state index contributed by atoms with van der Waals surface area (Å²) < 4.78 is 9.91. The van der Waals surface area contributed by atoms with Gasteiger partial charge in [0.25, 0.3) is 0 Å².